The van der Waals surface area contributed by atoms with E-state index in [4.69, 9.17) is 16.3 Å². The second-order valence-electron chi connectivity index (χ2n) is 8.83. The minimum atomic E-state index is -0.593. The van der Waals surface area contributed by atoms with Gasteiger partial charge in [-0.15, -0.1) is 10.2 Å². The van der Waals surface area contributed by atoms with Gasteiger partial charge in [0.15, 0.2) is 5.65 Å². The lowest BCUT2D eigenvalue weighted by atomic mass is 9.96. The van der Waals surface area contributed by atoms with E-state index in [1.165, 1.54) is 0 Å². The number of likely N-dealkylation sites (tertiary alicyclic amines) is 1. The van der Waals surface area contributed by atoms with Crippen molar-refractivity contribution >= 4 is 29.2 Å². The molecule has 0 unspecified atom stereocenters. The maximum Gasteiger partial charge on any atom is 0.413 e. The molecule has 1 N–H and O–H groups in total. The summed E-state index contributed by atoms with van der Waals surface area (Å²) in [6, 6.07) is 9.57. The standard InChI is InChI=1S/C22H27ClN6O2/c1-22(2,3)31-21(30)25-19-15(9-10-17(23)24-19)13-28-11-6-7-16(14-28)20-27-26-18-8-4-5-12-29(18)20/h4-5,8-10,12,16H,6-7,11,13-14H2,1-3H3,(H,24,25,30)/t16-/m0/s1. The topological polar surface area (TPSA) is 84.6 Å². The van der Waals surface area contributed by atoms with Crippen LogP contribution in [0.25, 0.3) is 5.65 Å². The number of piperidine rings is 1. The highest BCUT2D eigenvalue weighted by molar-refractivity contribution is 6.29. The first-order valence-corrected chi connectivity index (χ1v) is 10.8. The first-order valence-electron chi connectivity index (χ1n) is 10.5. The number of aromatic nitrogens is 4. The number of pyridine rings is 2. The predicted octanol–water partition coefficient (Wildman–Crippen LogP) is 4.50. The monoisotopic (exact) mass is 442 g/mol. The first kappa shape index (κ1) is 21.5. The van der Waals surface area contributed by atoms with Gasteiger partial charge in [0.1, 0.15) is 22.4 Å². The molecule has 0 bridgehead atoms. The average molecular weight is 443 g/mol. The lowest BCUT2D eigenvalue weighted by Crippen LogP contribution is -2.35. The van der Waals surface area contributed by atoms with Crippen molar-refractivity contribution in [3.05, 3.63) is 53.1 Å². The summed E-state index contributed by atoms with van der Waals surface area (Å²) in [6.45, 7) is 7.91. The number of carbonyl (C=O) groups is 1. The number of nitrogens with zero attached hydrogens (tertiary/aromatic N) is 5. The van der Waals surface area contributed by atoms with E-state index in [2.05, 4.69) is 29.8 Å². The molecule has 1 saturated heterocycles. The van der Waals surface area contributed by atoms with E-state index in [1.807, 2.05) is 51.2 Å². The molecule has 1 atom stereocenters. The Bertz CT molecular complexity index is 1080. The van der Waals surface area contributed by atoms with E-state index in [-0.39, 0.29) is 5.92 Å². The molecule has 3 aromatic rings. The van der Waals surface area contributed by atoms with E-state index >= 15 is 0 Å². The van der Waals surface area contributed by atoms with E-state index in [9.17, 15) is 4.79 Å². The number of halogens is 1. The molecule has 0 radical (unpaired) electrons. The van der Waals surface area contributed by atoms with Crippen LogP contribution < -0.4 is 5.32 Å². The van der Waals surface area contributed by atoms with Crippen LogP contribution in [0.3, 0.4) is 0 Å². The summed E-state index contributed by atoms with van der Waals surface area (Å²) < 4.78 is 7.43. The molecule has 3 aromatic heterocycles. The van der Waals surface area contributed by atoms with Gasteiger partial charge >= 0.3 is 6.09 Å². The maximum absolute atomic E-state index is 12.3. The molecular weight excluding hydrogens is 416 g/mol. The Kier molecular flexibility index (Phi) is 6.11. The third-order valence-electron chi connectivity index (χ3n) is 5.17. The molecule has 4 rings (SSSR count). The van der Waals surface area contributed by atoms with Crippen LogP contribution in [0, 0.1) is 0 Å². The molecule has 0 spiro atoms. The summed E-state index contributed by atoms with van der Waals surface area (Å²) in [5.41, 5.74) is 1.16. The number of nitrogens with one attached hydrogen (secondary N) is 1. The third-order valence-corrected chi connectivity index (χ3v) is 5.38. The third kappa shape index (κ3) is 5.32. The fourth-order valence-electron chi connectivity index (χ4n) is 3.89. The molecule has 0 aromatic carbocycles. The number of hydrogen-bond donors (Lipinski definition) is 1. The van der Waals surface area contributed by atoms with Crippen molar-refractivity contribution < 1.29 is 9.53 Å². The largest absolute Gasteiger partial charge is 0.444 e. The predicted molar refractivity (Wildman–Crippen MR) is 119 cm³/mol. The summed E-state index contributed by atoms with van der Waals surface area (Å²) in [6.07, 6.45) is 3.58. The van der Waals surface area contributed by atoms with Crippen molar-refractivity contribution in [1.82, 2.24) is 24.5 Å². The Morgan fingerprint density at radius 2 is 2.10 bits per heavy atom. The fraction of sp³-hybridized carbons (Fsp3) is 0.455. The SMILES string of the molecule is CC(C)(C)OC(=O)Nc1nc(Cl)ccc1CN1CCC[C@H](c2nnc3ccccn23)C1. The zero-order valence-electron chi connectivity index (χ0n) is 18.0. The lowest BCUT2D eigenvalue weighted by molar-refractivity contribution is 0.0635. The smallest absolute Gasteiger partial charge is 0.413 e. The van der Waals surface area contributed by atoms with Crippen LogP contribution in [0.5, 0.6) is 0 Å². The van der Waals surface area contributed by atoms with Gasteiger partial charge in [0.25, 0.3) is 0 Å². The van der Waals surface area contributed by atoms with Crippen LogP contribution in [0.2, 0.25) is 5.15 Å². The Labute approximate surface area is 186 Å². The maximum atomic E-state index is 12.3. The van der Waals surface area contributed by atoms with Gasteiger partial charge in [0.05, 0.1) is 0 Å². The summed E-state index contributed by atoms with van der Waals surface area (Å²) in [5, 5.41) is 11.8. The molecule has 0 saturated carbocycles. The van der Waals surface area contributed by atoms with Crippen LogP contribution in [-0.2, 0) is 11.3 Å². The Balaban J connectivity index is 1.49. The van der Waals surface area contributed by atoms with Crippen molar-refractivity contribution in [1.29, 1.82) is 0 Å². The van der Waals surface area contributed by atoms with Gasteiger partial charge in [-0.3, -0.25) is 14.6 Å². The molecule has 1 aliphatic rings. The van der Waals surface area contributed by atoms with Crippen LogP contribution in [0.4, 0.5) is 10.6 Å². The van der Waals surface area contributed by atoms with Gasteiger partial charge in [-0.2, -0.15) is 0 Å². The summed E-state index contributed by atoms with van der Waals surface area (Å²) in [4.78, 5) is 18.9. The molecule has 1 fully saturated rings. The highest BCUT2D eigenvalue weighted by atomic mass is 35.5. The highest BCUT2D eigenvalue weighted by Crippen LogP contribution is 2.28. The normalized spacial score (nSPS) is 17.6. The van der Waals surface area contributed by atoms with Crippen LogP contribution >= 0.6 is 11.6 Å². The number of rotatable bonds is 4. The Morgan fingerprint density at radius 3 is 2.90 bits per heavy atom. The van der Waals surface area contributed by atoms with Crippen LogP contribution in [0.1, 0.15) is 50.9 Å². The number of amides is 1. The first-order chi connectivity index (χ1) is 14.8. The van der Waals surface area contributed by atoms with Crippen molar-refractivity contribution in [2.24, 2.45) is 0 Å². The van der Waals surface area contributed by atoms with Gasteiger partial charge in [0, 0.05) is 30.8 Å². The molecular formula is C22H27ClN6O2. The van der Waals surface area contributed by atoms with E-state index in [0.717, 1.165) is 43.0 Å². The summed E-state index contributed by atoms with van der Waals surface area (Å²) in [5.74, 6) is 1.70. The van der Waals surface area contributed by atoms with Crippen molar-refractivity contribution in [3.8, 4) is 0 Å². The van der Waals surface area contributed by atoms with Crippen LogP contribution in [-0.4, -0.2) is 49.3 Å². The zero-order valence-corrected chi connectivity index (χ0v) is 18.8. The molecule has 164 valence electrons. The summed E-state index contributed by atoms with van der Waals surface area (Å²) in [7, 11) is 0. The van der Waals surface area contributed by atoms with E-state index in [0.29, 0.717) is 17.5 Å². The molecule has 1 aliphatic heterocycles. The lowest BCUT2D eigenvalue weighted by Gasteiger charge is -2.32. The van der Waals surface area contributed by atoms with Gasteiger partial charge in [-0.25, -0.2) is 9.78 Å². The molecule has 0 aliphatic carbocycles. The van der Waals surface area contributed by atoms with Crippen molar-refractivity contribution in [3.63, 3.8) is 0 Å². The number of ether oxygens (including phenoxy) is 1. The van der Waals surface area contributed by atoms with E-state index in [1.54, 1.807) is 6.07 Å². The summed E-state index contributed by atoms with van der Waals surface area (Å²) >= 11 is 6.09. The quantitative estimate of drug-likeness (QED) is 0.598. The number of fused-ring (bicyclic) bond motifs is 1. The number of carbonyl (C=O) groups excluding carboxylic acids is 1. The molecule has 1 amide bonds. The number of anilines is 1. The van der Waals surface area contributed by atoms with Crippen molar-refractivity contribution in [2.75, 3.05) is 18.4 Å². The minimum Gasteiger partial charge on any atom is -0.444 e. The zero-order chi connectivity index (χ0) is 22.0. The second kappa shape index (κ2) is 8.80. The number of hydrogen-bond acceptors (Lipinski definition) is 6. The van der Waals surface area contributed by atoms with E-state index < -0.39 is 11.7 Å². The average Bonchev–Trinajstić information content (AvgIpc) is 3.13. The Hall–Kier alpha value is -2.71. The van der Waals surface area contributed by atoms with Gasteiger partial charge in [-0.1, -0.05) is 23.7 Å². The highest BCUT2D eigenvalue weighted by Gasteiger charge is 2.26. The van der Waals surface area contributed by atoms with Crippen LogP contribution in [0.15, 0.2) is 36.5 Å². The van der Waals surface area contributed by atoms with Gasteiger partial charge in [-0.05, 0) is 58.4 Å². The fourth-order valence-corrected chi connectivity index (χ4v) is 4.04. The van der Waals surface area contributed by atoms with Gasteiger partial charge in [0.2, 0.25) is 0 Å². The molecule has 31 heavy (non-hydrogen) atoms. The molecule has 8 nitrogen and oxygen atoms in total. The Morgan fingerprint density at radius 1 is 1.26 bits per heavy atom. The minimum absolute atomic E-state index is 0.286. The van der Waals surface area contributed by atoms with Gasteiger partial charge < -0.3 is 4.74 Å². The van der Waals surface area contributed by atoms with Crippen molar-refractivity contribution in [2.45, 2.75) is 51.7 Å². The molecule has 4 heterocycles. The molecule has 9 heteroatoms. The second-order valence-corrected chi connectivity index (χ2v) is 9.22.